The van der Waals surface area contributed by atoms with Crippen molar-refractivity contribution >= 4 is 5.97 Å². The van der Waals surface area contributed by atoms with E-state index >= 15 is 0 Å². The van der Waals surface area contributed by atoms with E-state index in [2.05, 4.69) is 11.2 Å². The summed E-state index contributed by atoms with van der Waals surface area (Å²) in [6.45, 7) is 6.97. The predicted octanol–water partition coefficient (Wildman–Crippen LogP) is 0.567. The Hall–Kier alpha value is -1.05. The molecule has 0 spiro atoms. The van der Waals surface area contributed by atoms with Crippen LogP contribution < -0.4 is 5.32 Å². The predicted molar refractivity (Wildman–Crippen MR) is 58.4 cm³/mol. The smallest absolute Gasteiger partial charge is 0.332 e. The van der Waals surface area contributed by atoms with Crippen molar-refractivity contribution in [2.45, 2.75) is 26.3 Å². The molecule has 0 unspecified atom stereocenters. The van der Waals surface area contributed by atoms with Gasteiger partial charge in [0.2, 0.25) is 0 Å². The van der Waals surface area contributed by atoms with Gasteiger partial charge in [0.1, 0.15) is 6.61 Å². The van der Waals surface area contributed by atoms with Gasteiger partial charge in [-0.3, -0.25) is 5.32 Å². The molecule has 86 valence electrons. The van der Waals surface area contributed by atoms with Crippen molar-refractivity contribution in [2.75, 3.05) is 26.4 Å². The van der Waals surface area contributed by atoms with E-state index in [9.17, 15) is 4.79 Å². The summed E-state index contributed by atoms with van der Waals surface area (Å²) in [6.07, 6.45) is 5.28. The van der Waals surface area contributed by atoms with Gasteiger partial charge in [0, 0.05) is 6.54 Å². The fourth-order valence-electron chi connectivity index (χ4n) is 0.845. The Bertz CT molecular complexity index is 230. The summed E-state index contributed by atoms with van der Waals surface area (Å²) >= 11 is 0. The molecule has 0 heterocycles. The van der Waals surface area contributed by atoms with Gasteiger partial charge in [0.25, 0.3) is 0 Å². The van der Waals surface area contributed by atoms with Crippen molar-refractivity contribution in [3.05, 3.63) is 0 Å². The van der Waals surface area contributed by atoms with E-state index in [1.807, 2.05) is 13.8 Å². The molecule has 0 aromatic rings. The van der Waals surface area contributed by atoms with E-state index in [1.54, 1.807) is 6.92 Å². The van der Waals surface area contributed by atoms with Crippen LogP contribution in [0.25, 0.3) is 0 Å². The zero-order valence-corrected chi connectivity index (χ0v) is 9.63. The lowest BCUT2D eigenvalue weighted by atomic mass is 10.1. The van der Waals surface area contributed by atoms with Crippen molar-refractivity contribution in [3.63, 3.8) is 0 Å². The van der Waals surface area contributed by atoms with Gasteiger partial charge in [0.05, 0.1) is 18.8 Å². The van der Waals surface area contributed by atoms with Gasteiger partial charge in [-0.05, 0) is 20.8 Å². The number of esters is 1. The minimum absolute atomic E-state index is 0.00793. The first-order valence-corrected chi connectivity index (χ1v) is 4.98. The summed E-state index contributed by atoms with van der Waals surface area (Å²) < 4.78 is 9.78. The summed E-state index contributed by atoms with van der Waals surface area (Å²) in [6, 6.07) is 0. The van der Waals surface area contributed by atoms with Crippen LogP contribution in [0.4, 0.5) is 0 Å². The van der Waals surface area contributed by atoms with E-state index in [-0.39, 0.29) is 18.1 Å². The van der Waals surface area contributed by atoms with Crippen molar-refractivity contribution in [1.82, 2.24) is 5.32 Å². The van der Waals surface area contributed by atoms with Gasteiger partial charge in [-0.15, -0.1) is 6.42 Å². The standard InChI is InChI=1S/C11H19NO3/c1-5-11(3,4)12-7-8-14-9-10(13)15-6-2/h1,12H,6-9H2,2-4H3. The molecule has 0 atom stereocenters. The molecule has 0 aliphatic heterocycles. The van der Waals surface area contributed by atoms with E-state index in [1.165, 1.54) is 0 Å². The van der Waals surface area contributed by atoms with E-state index in [4.69, 9.17) is 15.9 Å². The van der Waals surface area contributed by atoms with Crippen molar-refractivity contribution in [2.24, 2.45) is 0 Å². The minimum atomic E-state index is -0.340. The number of carbonyl (C=O) groups excluding carboxylic acids is 1. The monoisotopic (exact) mass is 213 g/mol. The van der Waals surface area contributed by atoms with Crippen molar-refractivity contribution in [1.29, 1.82) is 0 Å². The second kappa shape index (κ2) is 7.27. The third kappa shape index (κ3) is 7.98. The first-order chi connectivity index (χ1) is 7.02. The van der Waals surface area contributed by atoms with Crippen LogP contribution in [0.3, 0.4) is 0 Å². The Morgan fingerprint density at radius 3 is 2.73 bits per heavy atom. The fourth-order valence-corrected chi connectivity index (χ4v) is 0.845. The zero-order chi connectivity index (χ0) is 11.7. The van der Waals surface area contributed by atoms with Crippen LogP contribution in [0.1, 0.15) is 20.8 Å². The first-order valence-electron chi connectivity index (χ1n) is 4.98. The highest BCUT2D eigenvalue weighted by molar-refractivity contribution is 5.70. The lowest BCUT2D eigenvalue weighted by molar-refractivity contribution is -0.148. The lowest BCUT2D eigenvalue weighted by Gasteiger charge is -2.19. The molecule has 0 rings (SSSR count). The molecule has 0 saturated heterocycles. The minimum Gasteiger partial charge on any atom is -0.464 e. The van der Waals surface area contributed by atoms with Gasteiger partial charge < -0.3 is 9.47 Å². The molecule has 0 aliphatic carbocycles. The summed E-state index contributed by atoms with van der Waals surface area (Å²) in [5.41, 5.74) is -0.340. The lowest BCUT2D eigenvalue weighted by Crippen LogP contribution is -2.39. The molecule has 1 N–H and O–H groups in total. The van der Waals surface area contributed by atoms with Gasteiger partial charge in [-0.1, -0.05) is 5.92 Å². The second-order valence-electron chi connectivity index (χ2n) is 3.55. The van der Waals surface area contributed by atoms with Crippen molar-refractivity contribution < 1.29 is 14.3 Å². The van der Waals surface area contributed by atoms with Gasteiger partial charge >= 0.3 is 5.97 Å². The maximum absolute atomic E-state index is 10.9. The number of rotatable bonds is 7. The number of hydrogen-bond acceptors (Lipinski definition) is 4. The van der Waals surface area contributed by atoms with Gasteiger partial charge in [0.15, 0.2) is 0 Å². The highest BCUT2D eigenvalue weighted by Gasteiger charge is 2.11. The molecule has 4 nitrogen and oxygen atoms in total. The Morgan fingerprint density at radius 1 is 1.53 bits per heavy atom. The van der Waals surface area contributed by atoms with Crippen molar-refractivity contribution in [3.8, 4) is 12.3 Å². The molecule has 0 radical (unpaired) electrons. The highest BCUT2D eigenvalue weighted by Crippen LogP contribution is 1.97. The summed E-state index contributed by atoms with van der Waals surface area (Å²) in [5, 5.41) is 3.10. The quantitative estimate of drug-likeness (QED) is 0.381. The third-order valence-corrected chi connectivity index (χ3v) is 1.70. The van der Waals surface area contributed by atoms with E-state index in [0.29, 0.717) is 19.8 Å². The molecule has 0 aromatic carbocycles. The molecule has 0 amide bonds. The molecule has 0 aliphatic rings. The number of hydrogen-bond donors (Lipinski definition) is 1. The normalized spacial score (nSPS) is 10.8. The van der Waals surface area contributed by atoms with Crippen LogP contribution in [0.15, 0.2) is 0 Å². The summed E-state index contributed by atoms with van der Waals surface area (Å²) in [7, 11) is 0. The number of carbonyl (C=O) groups is 1. The molecular weight excluding hydrogens is 194 g/mol. The Labute approximate surface area is 91.3 Å². The van der Waals surface area contributed by atoms with Crippen LogP contribution in [-0.2, 0) is 14.3 Å². The molecule has 4 heteroatoms. The SMILES string of the molecule is C#CC(C)(C)NCCOCC(=O)OCC. The molecular formula is C11H19NO3. The van der Waals surface area contributed by atoms with E-state index in [0.717, 1.165) is 0 Å². The summed E-state index contributed by atoms with van der Waals surface area (Å²) in [5.74, 6) is 2.26. The molecule has 0 fully saturated rings. The van der Waals surface area contributed by atoms with E-state index < -0.39 is 0 Å². The largest absolute Gasteiger partial charge is 0.464 e. The van der Waals surface area contributed by atoms with Crippen LogP contribution >= 0.6 is 0 Å². The van der Waals surface area contributed by atoms with Crippen LogP contribution in [0, 0.1) is 12.3 Å². The Morgan fingerprint density at radius 2 is 2.20 bits per heavy atom. The molecule has 0 saturated carbocycles. The maximum atomic E-state index is 10.9. The molecule has 0 bridgehead atoms. The molecule has 15 heavy (non-hydrogen) atoms. The van der Waals surface area contributed by atoms with Gasteiger partial charge in [-0.25, -0.2) is 4.79 Å². The zero-order valence-electron chi connectivity index (χ0n) is 9.63. The average Bonchev–Trinajstić information content (AvgIpc) is 2.17. The maximum Gasteiger partial charge on any atom is 0.332 e. The first kappa shape index (κ1) is 13.9. The Kier molecular flexibility index (Phi) is 6.76. The Balaban J connectivity index is 3.41. The van der Waals surface area contributed by atoms with Crippen LogP contribution in [0.2, 0.25) is 0 Å². The fraction of sp³-hybridized carbons (Fsp3) is 0.727. The van der Waals surface area contributed by atoms with Crippen LogP contribution in [0.5, 0.6) is 0 Å². The topological polar surface area (TPSA) is 47.6 Å². The number of nitrogens with one attached hydrogen (secondary N) is 1. The average molecular weight is 213 g/mol. The number of ether oxygens (including phenoxy) is 2. The molecule has 0 aromatic heterocycles. The summed E-state index contributed by atoms with van der Waals surface area (Å²) in [4.78, 5) is 10.9. The second-order valence-corrected chi connectivity index (χ2v) is 3.55. The third-order valence-electron chi connectivity index (χ3n) is 1.70. The van der Waals surface area contributed by atoms with Gasteiger partial charge in [-0.2, -0.15) is 0 Å². The number of terminal acetylenes is 1. The highest BCUT2D eigenvalue weighted by atomic mass is 16.6. The van der Waals surface area contributed by atoms with Crippen LogP contribution in [-0.4, -0.2) is 37.9 Å².